The number of rotatable bonds is 3. The summed E-state index contributed by atoms with van der Waals surface area (Å²) in [5, 5.41) is 3.90. The van der Waals surface area contributed by atoms with Gasteiger partial charge in [0.1, 0.15) is 0 Å². The molecular formula is C10H19BrN2O. The molecule has 1 N–H and O–H groups in total. The van der Waals surface area contributed by atoms with Gasteiger partial charge in [0.05, 0.1) is 0 Å². The quantitative estimate of drug-likeness (QED) is 0.779. The van der Waals surface area contributed by atoms with Gasteiger partial charge in [0, 0.05) is 25.0 Å². The van der Waals surface area contributed by atoms with Gasteiger partial charge in [0.2, 0.25) is 0 Å². The van der Waals surface area contributed by atoms with Crippen LogP contribution in [0.25, 0.3) is 0 Å². The topological polar surface area (TPSA) is 32.3 Å². The molecule has 0 aromatic heterocycles. The SMILES string of the molecule is CN(CCBr)C(=O)NC1CCCCC1. The molecule has 82 valence electrons. The highest BCUT2D eigenvalue weighted by atomic mass is 79.9. The summed E-state index contributed by atoms with van der Waals surface area (Å²) in [6.07, 6.45) is 6.13. The van der Waals surface area contributed by atoms with Gasteiger partial charge in [-0.1, -0.05) is 35.2 Å². The maximum atomic E-state index is 11.6. The third kappa shape index (κ3) is 3.86. The molecule has 3 nitrogen and oxygen atoms in total. The van der Waals surface area contributed by atoms with Crippen LogP contribution in [-0.2, 0) is 0 Å². The van der Waals surface area contributed by atoms with Gasteiger partial charge < -0.3 is 10.2 Å². The van der Waals surface area contributed by atoms with Crippen LogP contribution in [0.5, 0.6) is 0 Å². The molecule has 2 amide bonds. The first-order valence-corrected chi connectivity index (χ1v) is 6.44. The Balaban J connectivity index is 2.24. The largest absolute Gasteiger partial charge is 0.335 e. The number of nitrogens with one attached hydrogen (secondary N) is 1. The second-order valence-electron chi connectivity index (χ2n) is 3.89. The first-order chi connectivity index (χ1) is 6.74. The smallest absolute Gasteiger partial charge is 0.317 e. The molecule has 14 heavy (non-hydrogen) atoms. The van der Waals surface area contributed by atoms with E-state index < -0.39 is 0 Å². The first kappa shape index (κ1) is 11.8. The van der Waals surface area contributed by atoms with Crippen molar-refractivity contribution < 1.29 is 4.79 Å². The van der Waals surface area contributed by atoms with Crippen molar-refractivity contribution in [3.8, 4) is 0 Å². The molecule has 0 bridgehead atoms. The third-order valence-corrected chi connectivity index (χ3v) is 3.05. The van der Waals surface area contributed by atoms with Gasteiger partial charge in [-0.2, -0.15) is 0 Å². The van der Waals surface area contributed by atoms with E-state index in [2.05, 4.69) is 21.2 Å². The molecule has 0 unspecified atom stereocenters. The zero-order valence-corrected chi connectivity index (χ0v) is 10.3. The van der Waals surface area contributed by atoms with Crippen LogP contribution in [0.15, 0.2) is 0 Å². The summed E-state index contributed by atoms with van der Waals surface area (Å²) < 4.78 is 0. The lowest BCUT2D eigenvalue weighted by Crippen LogP contribution is -2.44. The lowest BCUT2D eigenvalue weighted by atomic mass is 9.96. The molecule has 0 spiro atoms. The third-order valence-electron chi connectivity index (χ3n) is 2.70. The Morgan fingerprint density at radius 2 is 2.07 bits per heavy atom. The number of hydrogen-bond donors (Lipinski definition) is 1. The number of urea groups is 1. The highest BCUT2D eigenvalue weighted by Crippen LogP contribution is 2.17. The fraction of sp³-hybridized carbons (Fsp3) is 0.900. The molecule has 1 aliphatic carbocycles. The van der Waals surface area contributed by atoms with Crippen LogP contribution in [0, 0.1) is 0 Å². The fourth-order valence-electron chi connectivity index (χ4n) is 1.76. The van der Waals surface area contributed by atoms with Crippen molar-refractivity contribution in [2.24, 2.45) is 0 Å². The van der Waals surface area contributed by atoms with Gasteiger partial charge in [-0.25, -0.2) is 4.79 Å². The lowest BCUT2D eigenvalue weighted by Gasteiger charge is -2.25. The highest BCUT2D eigenvalue weighted by Gasteiger charge is 2.17. The zero-order valence-electron chi connectivity index (χ0n) is 8.76. The summed E-state index contributed by atoms with van der Waals surface area (Å²) in [6.45, 7) is 0.762. The van der Waals surface area contributed by atoms with Gasteiger partial charge in [0.25, 0.3) is 0 Å². The number of halogens is 1. The Labute approximate surface area is 94.4 Å². The molecule has 0 radical (unpaired) electrons. The van der Waals surface area contributed by atoms with Crippen molar-refractivity contribution >= 4 is 22.0 Å². The van der Waals surface area contributed by atoms with Gasteiger partial charge in [-0.15, -0.1) is 0 Å². The van der Waals surface area contributed by atoms with Gasteiger partial charge >= 0.3 is 6.03 Å². The molecule has 0 atom stereocenters. The normalized spacial score (nSPS) is 17.9. The highest BCUT2D eigenvalue weighted by molar-refractivity contribution is 9.09. The number of nitrogens with zero attached hydrogens (tertiary/aromatic N) is 1. The van der Waals surface area contributed by atoms with Crippen LogP contribution in [0.2, 0.25) is 0 Å². The summed E-state index contributed by atoms with van der Waals surface area (Å²) in [6, 6.07) is 0.477. The maximum absolute atomic E-state index is 11.6. The van der Waals surface area contributed by atoms with E-state index >= 15 is 0 Å². The summed E-state index contributed by atoms with van der Waals surface area (Å²) in [5.41, 5.74) is 0. The Hall–Kier alpha value is -0.250. The van der Waals surface area contributed by atoms with E-state index in [1.54, 1.807) is 4.90 Å². The fourth-order valence-corrected chi connectivity index (χ4v) is 2.29. The van der Waals surface area contributed by atoms with E-state index in [4.69, 9.17) is 0 Å². The van der Waals surface area contributed by atoms with Crippen LogP contribution in [0.3, 0.4) is 0 Å². The average molecular weight is 263 g/mol. The second-order valence-corrected chi connectivity index (χ2v) is 4.69. The molecule has 0 saturated heterocycles. The zero-order chi connectivity index (χ0) is 10.4. The van der Waals surface area contributed by atoms with Crippen molar-refractivity contribution in [1.82, 2.24) is 10.2 Å². The van der Waals surface area contributed by atoms with Crippen molar-refractivity contribution in [2.45, 2.75) is 38.1 Å². The summed E-state index contributed by atoms with van der Waals surface area (Å²) in [7, 11) is 1.83. The van der Waals surface area contributed by atoms with Crippen LogP contribution >= 0.6 is 15.9 Å². The minimum atomic E-state index is 0.0661. The monoisotopic (exact) mass is 262 g/mol. The number of alkyl halides is 1. The molecule has 1 rings (SSSR count). The van der Waals surface area contributed by atoms with Gasteiger partial charge in [-0.05, 0) is 12.8 Å². The van der Waals surface area contributed by atoms with E-state index in [1.165, 1.54) is 19.3 Å². The Bertz CT molecular complexity index is 181. The van der Waals surface area contributed by atoms with Gasteiger partial charge in [-0.3, -0.25) is 0 Å². The molecular weight excluding hydrogens is 244 g/mol. The Kier molecular flexibility index (Phi) is 5.30. The summed E-state index contributed by atoms with van der Waals surface area (Å²) in [5.74, 6) is 0. The van der Waals surface area contributed by atoms with Crippen LogP contribution in [0.1, 0.15) is 32.1 Å². The van der Waals surface area contributed by atoms with Crippen molar-refractivity contribution in [2.75, 3.05) is 18.9 Å². The number of carbonyl (C=O) groups excluding carboxylic acids is 1. The Morgan fingerprint density at radius 3 is 2.64 bits per heavy atom. The van der Waals surface area contributed by atoms with Crippen molar-refractivity contribution in [3.05, 3.63) is 0 Å². The van der Waals surface area contributed by atoms with Crippen molar-refractivity contribution in [3.63, 3.8) is 0 Å². The first-order valence-electron chi connectivity index (χ1n) is 5.31. The maximum Gasteiger partial charge on any atom is 0.317 e. The average Bonchev–Trinajstić information content (AvgIpc) is 2.19. The predicted molar refractivity (Wildman–Crippen MR) is 61.8 cm³/mol. The van der Waals surface area contributed by atoms with Crippen LogP contribution in [-0.4, -0.2) is 35.9 Å². The minimum Gasteiger partial charge on any atom is -0.335 e. The number of amides is 2. The molecule has 0 aromatic carbocycles. The van der Waals surface area contributed by atoms with E-state index in [0.29, 0.717) is 6.04 Å². The standard InChI is InChI=1S/C10H19BrN2O/c1-13(8-7-11)10(14)12-9-5-3-2-4-6-9/h9H,2-8H2,1H3,(H,12,14). The summed E-state index contributed by atoms with van der Waals surface area (Å²) >= 11 is 3.32. The molecule has 1 fully saturated rings. The van der Waals surface area contributed by atoms with Gasteiger partial charge in [0.15, 0.2) is 0 Å². The lowest BCUT2D eigenvalue weighted by molar-refractivity contribution is 0.203. The molecule has 0 aromatic rings. The van der Waals surface area contributed by atoms with Crippen LogP contribution < -0.4 is 5.32 Å². The van der Waals surface area contributed by atoms with E-state index in [0.717, 1.165) is 24.7 Å². The number of carbonyl (C=O) groups is 1. The Morgan fingerprint density at radius 1 is 1.43 bits per heavy atom. The molecule has 1 aliphatic rings. The van der Waals surface area contributed by atoms with Crippen LogP contribution in [0.4, 0.5) is 4.79 Å². The molecule has 0 aliphatic heterocycles. The second kappa shape index (κ2) is 6.27. The summed E-state index contributed by atoms with van der Waals surface area (Å²) in [4.78, 5) is 13.3. The predicted octanol–water partition coefficient (Wildman–Crippen LogP) is 2.36. The van der Waals surface area contributed by atoms with E-state index in [-0.39, 0.29) is 6.03 Å². The number of hydrogen-bond acceptors (Lipinski definition) is 1. The van der Waals surface area contributed by atoms with E-state index in [1.807, 2.05) is 7.05 Å². The van der Waals surface area contributed by atoms with Crippen molar-refractivity contribution in [1.29, 1.82) is 0 Å². The minimum absolute atomic E-state index is 0.0661. The molecule has 1 saturated carbocycles. The van der Waals surface area contributed by atoms with E-state index in [9.17, 15) is 4.79 Å². The molecule has 4 heteroatoms. The molecule has 0 heterocycles.